The molecule has 1 amide bonds. The molecule has 1 fully saturated rings. The number of halogens is 1. The molecule has 3 rings (SSSR count). The van der Waals surface area contributed by atoms with Gasteiger partial charge in [-0.3, -0.25) is 4.79 Å². The number of hydrogen-bond donors (Lipinski definition) is 2. The third-order valence-electron chi connectivity index (χ3n) is 3.96. The molecule has 0 radical (unpaired) electrons. The number of para-hydroxylation sites is 1. The molecule has 2 atom stereocenters. The Morgan fingerprint density at radius 3 is 2.64 bits per heavy atom. The predicted molar refractivity (Wildman–Crippen MR) is 96.9 cm³/mol. The number of rotatable bonds is 7. The van der Waals surface area contributed by atoms with E-state index in [1.807, 2.05) is 49.4 Å². The monoisotopic (exact) mass is 360 g/mol. The maximum atomic E-state index is 11.6. The third kappa shape index (κ3) is 4.87. The number of carbonyl (C=O) groups excluding carboxylic acids is 1. The molecule has 6 heteroatoms. The molecule has 2 unspecified atom stereocenters. The molecule has 132 valence electrons. The molecule has 0 aromatic heterocycles. The highest BCUT2D eigenvalue weighted by Crippen LogP contribution is 2.24. The molecule has 2 aromatic rings. The van der Waals surface area contributed by atoms with E-state index in [1.165, 1.54) is 0 Å². The highest BCUT2D eigenvalue weighted by molar-refractivity contribution is 6.31. The van der Waals surface area contributed by atoms with Gasteiger partial charge in [-0.1, -0.05) is 35.9 Å². The Kier molecular flexibility index (Phi) is 5.79. The average molecular weight is 361 g/mol. The molecule has 1 aliphatic heterocycles. The van der Waals surface area contributed by atoms with Crippen LogP contribution in [0.4, 0.5) is 0 Å². The number of ether oxygens (including phenoxy) is 2. The lowest BCUT2D eigenvalue weighted by Crippen LogP contribution is -2.35. The zero-order valence-corrected chi connectivity index (χ0v) is 14.8. The number of carbonyl (C=O) groups is 1. The van der Waals surface area contributed by atoms with Crippen molar-refractivity contribution < 1.29 is 14.3 Å². The van der Waals surface area contributed by atoms with Gasteiger partial charge in [0.2, 0.25) is 12.2 Å². The van der Waals surface area contributed by atoms with E-state index >= 15 is 0 Å². The van der Waals surface area contributed by atoms with Crippen LogP contribution in [0, 0.1) is 0 Å². The van der Waals surface area contributed by atoms with E-state index in [-0.39, 0.29) is 11.9 Å². The summed E-state index contributed by atoms with van der Waals surface area (Å²) in [5, 5.41) is 6.62. The van der Waals surface area contributed by atoms with Gasteiger partial charge in [0, 0.05) is 25.0 Å². The molecule has 0 spiro atoms. The minimum absolute atomic E-state index is 0.0444. The van der Waals surface area contributed by atoms with Gasteiger partial charge in [0.05, 0.1) is 6.04 Å². The van der Waals surface area contributed by atoms with E-state index in [9.17, 15) is 4.79 Å². The van der Waals surface area contributed by atoms with Crippen LogP contribution in [0.5, 0.6) is 11.5 Å². The highest BCUT2D eigenvalue weighted by atomic mass is 35.5. The van der Waals surface area contributed by atoms with Gasteiger partial charge in [0.15, 0.2) is 0 Å². The Hall–Kier alpha value is -2.24. The SMILES string of the molecule is CC(Oc1ccccc1)Oc1ccc(CNC2CCNC2=O)c(Cl)c1. The second-order valence-electron chi connectivity index (χ2n) is 5.88. The quantitative estimate of drug-likeness (QED) is 0.745. The minimum atomic E-state index is -0.440. The Bertz CT molecular complexity index is 724. The normalized spacial score (nSPS) is 17.8. The molecule has 5 nitrogen and oxygen atoms in total. The number of hydrogen-bond acceptors (Lipinski definition) is 4. The third-order valence-corrected chi connectivity index (χ3v) is 4.31. The molecule has 0 bridgehead atoms. The van der Waals surface area contributed by atoms with Crippen molar-refractivity contribution in [3.8, 4) is 11.5 Å². The first kappa shape index (κ1) is 17.6. The van der Waals surface area contributed by atoms with Crippen molar-refractivity contribution in [3.63, 3.8) is 0 Å². The van der Waals surface area contributed by atoms with Crippen LogP contribution in [0.15, 0.2) is 48.5 Å². The van der Waals surface area contributed by atoms with E-state index in [4.69, 9.17) is 21.1 Å². The Morgan fingerprint density at radius 2 is 1.96 bits per heavy atom. The second-order valence-corrected chi connectivity index (χ2v) is 6.29. The molecule has 0 saturated carbocycles. The average Bonchev–Trinajstić information content (AvgIpc) is 3.00. The van der Waals surface area contributed by atoms with Crippen LogP contribution in [-0.2, 0) is 11.3 Å². The van der Waals surface area contributed by atoms with E-state index in [2.05, 4.69) is 10.6 Å². The maximum Gasteiger partial charge on any atom is 0.238 e. The van der Waals surface area contributed by atoms with Gasteiger partial charge in [-0.15, -0.1) is 0 Å². The number of benzene rings is 2. The Morgan fingerprint density at radius 1 is 1.20 bits per heavy atom. The van der Waals surface area contributed by atoms with E-state index < -0.39 is 6.29 Å². The first-order chi connectivity index (χ1) is 12.1. The van der Waals surface area contributed by atoms with E-state index in [0.717, 1.165) is 24.3 Å². The summed E-state index contributed by atoms with van der Waals surface area (Å²) in [6.07, 6.45) is 0.357. The summed E-state index contributed by atoms with van der Waals surface area (Å²) in [5.41, 5.74) is 0.922. The zero-order chi connectivity index (χ0) is 17.6. The van der Waals surface area contributed by atoms with E-state index in [0.29, 0.717) is 17.3 Å². The first-order valence-corrected chi connectivity index (χ1v) is 8.67. The summed E-state index contributed by atoms with van der Waals surface area (Å²) in [6.45, 7) is 3.08. The van der Waals surface area contributed by atoms with Gasteiger partial charge in [0.25, 0.3) is 0 Å². The molecular formula is C19H21ClN2O3. The van der Waals surface area contributed by atoms with E-state index in [1.54, 1.807) is 6.07 Å². The van der Waals surface area contributed by atoms with Crippen molar-refractivity contribution in [2.75, 3.05) is 6.54 Å². The fourth-order valence-corrected chi connectivity index (χ4v) is 2.91. The molecule has 1 saturated heterocycles. The van der Waals surface area contributed by atoms with Crippen LogP contribution in [0.2, 0.25) is 5.02 Å². The fourth-order valence-electron chi connectivity index (χ4n) is 2.67. The van der Waals surface area contributed by atoms with Crippen molar-refractivity contribution in [2.24, 2.45) is 0 Å². The van der Waals surface area contributed by atoms with Gasteiger partial charge in [0.1, 0.15) is 11.5 Å². The predicted octanol–water partition coefficient (Wildman–Crippen LogP) is 3.12. The van der Waals surface area contributed by atoms with Crippen LogP contribution in [0.1, 0.15) is 18.9 Å². The minimum Gasteiger partial charge on any atom is -0.455 e. The molecule has 2 aromatic carbocycles. The number of amides is 1. The molecule has 0 aliphatic carbocycles. The van der Waals surface area contributed by atoms with Crippen LogP contribution in [0.25, 0.3) is 0 Å². The molecular weight excluding hydrogens is 340 g/mol. The van der Waals surface area contributed by atoms with Gasteiger partial charge in [-0.25, -0.2) is 0 Å². The van der Waals surface area contributed by atoms with Crippen molar-refractivity contribution in [1.29, 1.82) is 0 Å². The van der Waals surface area contributed by atoms with Gasteiger partial charge < -0.3 is 20.1 Å². The topological polar surface area (TPSA) is 59.6 Å². The summed E-state index contributed by atoms with van der Waals surface area (Å²) >= 11 is 6.33. The molecule has 2 N–H and O–H groups in total. The lowest BCUT2D eigenvalue weighted by Gasteiger charge is -2.17. The van der Waals surface area contributed by atoms with Gasteiger partial charge in [-0.05, 0) is 36.2 Å². The van der Waals surface area contributed by atoms with Crippen molar-refractivity contribution in [1.82, 2.24) is 10.6 Å². The lowest BCUT2D eigenvalue weighted by atomic mass is 10.2. The first-order valence-electron chi connectivity index (χ1n) is 8.30. The summed E-state index contributed by atoms with van der Waals surface area (Å²) < 4.78 is 11.5. The zero-order valence-electron chi connectivity index (χ0n) is 14.0. The smallest absolute Gasteiger partial charge is 0.238 e. The van der Waals surface area contributed by atoms with Gasteiger partial charge in [-0.2, -0.15) is 0 Å². The van der Waals surface area contributed by atoms with Gasteiger partial charge >= 0.3 is 0 Å². The summed E-state index contributed by atoms with van der Waals surface area (Å²) in [4.78, 5) is 11.6. The Balaban J connectivity index is 1.55. The summed E-state index contributed by atoms with van der Waals surface area (Å²) in [7, 11) is 0. The van der Waals surface area contributed by atoms with Crippen molar-refractivity contribution >= 4 is 17.5 Å². The maximum absolute atomic E-state index is 11.6. The van der Waals surface area contributed by atoms with Crippen LogP contribution in [-0.4, -0.2) is 24.8 Å². The summed E-state index contributed by atoms with van der Waals surface area (Å²) in [5.74, 6) is 1.43. The van der Waals surface area contributed by atoms with Crippen molar-refractivity contribution in [3.05, 3.63) is 59.1 Å². The molecule has 1 heterocycles. The Labute approximate surface area is 152 Å². The molecule has 25 heavy (non-hydrogen) atoms. The standard InChI is InChI=1S/C19H21ClN2O3/c1-13(24-15-5-3-2-4-6-15)25-16-8-7-14(17(20)11-16)12-22-18-9-10-21-19(18)23/h2-8,11,13,18,22H,9-10,12H2,1H3,(H,21,23). The second kappa shape index (κ2) is 8.23. The van der Waals surface area contributed by atoms with Crippen LogP contribution < -0.4 is 20.1 Å². The fraction of sp³-hybridized carbons (Fsp3) is 0.316. The summed E-state index contributed by atoms with van der Waals surface area (Å²) in [6, 6.07) is 14.9. The van der Waals surface area contributed by atoms with Crippen LogP contribution in [0.3, 0.4) is 0 Å². The van der Waals surface area contributed by atoms with Crippen LogP contribution >= 0.6 is 11.6 Å². The van der Waals surface area contributed by atoms with Crippen molar-refractivity contribution in [2.45, 2.75) is 32.2 Å². The lowest BCUT2D eigenvalue weighted by molar-refractivity contribution is -0.120. The highest BCUT2D eigenvalue weighted by Gasteiger charge is 2.23. The number of nitrogens with one attached hydrogen (secondary N) is 2. The molecule has 1 aliphatic rings. The largest absolute Gasteiger partial charge is 0.455 e.